The van der Waals surface area contributed by atoms with E-state index in [1.165, 1.54) is 14.3 Å². The van der Waals surface area contributed by atoms with Gasteiger partial charge in [-0.05, 0) is 49.6 Å². The van der Waals surface area contributed by atoms with E-state index in [0.717, 1.165) is 54.5 Å². The third-order valence-corrected chi connectivity index (χ3v) is 8.52. The molecule has 0 atom stereocenters. The molecule has 0 saturated carbocycles. The molecule has 2 aliphatic rings. The number of thiazole rings is 1. The van der Waals surface area contributed by atoms with Gasteiger partial charge in [0, 0.05) is 50.1 Å². The van der Waals surface area contributed by atoms with Crippen LogP contribution >= 0.6 is 11.3 Å². The van der Waals surface area contributed by atoms with Crippen LogP contribution in [0, 0.1) is 11.3 Å². The fourth-order valence-corrected chi connectivity index (χ4v) is 6.58. The summed E-state index contributed by atoms with van der Waals surface area (Å²) in [5, 5.41) is 12.0. The number of rotatable bonds is 3. The Hall–Kier alpha value is -3.70. The van der Waals surface area contributed by atoms with Gasteiger partial charge in [0.25, 0.3) is 5.56 Å². The minimum atomic E-state index is -0.298. The van der Waals surface area contributed by atoms with Crippen molar-refractivity contribution in [2.24, 2.45) is 7.05 Å². The average Bonchev–Trinajstić information content (AvgIpc) is 3.52. The Balaban J connectivity index is 1.36. The number of piperidine rings is 1. The van der Waals surface area contributed by atoms with Gasteiger partial charge < -0.3 is 14.4 Å². The lowest BCUT2D eigenvalue weighted by Gasteiger charge is -2.34. The lowest BCUT2D eigenvalue weighted by Crippen LogP contribution is -2.35. The lowest BCUT2D eigenvalue weighted by molar-refractivity contribution is -0.117. The zero-order valence-electron chi connectivity index (χ0n) is 19.5. The van der Waals surface area contributed by atoms with Crippen LogP contribution in [0.2, 0.25) is 0 Å². The highest BCUT2D eigenvalue weighted by atomic mass is 32.1. The first-order valence-electron chi connectivity index (χ1n) is 12.0. The minimum Gasteiger partial charge on any atom is -0.370 e. The second kappa shape index (κ2) is 8.51. The van der Waals surface area contributed by atoms with Gasteiger partial charge in [-0.1, -0.05) is 12.1 Å². The number of benzene rings is 2. The summed E-state index contributed by atoms with van der Waals surface area (Å²) < 4.78 is 2.75. The molecule has 2 aromatic carbocycles. The first-order valence-corrected chi connectivity index (χ1v) is 12.8. The molecule has 2 aliphatic heterocycles. The van der Waals surface area contributed by atoms with Gasteiger partial charge in [0.05, 0.1) is 26.4 Å². The average molecular weight is 484 g/mol. The van der Waals surface area contributed by atoms with E-state index < -0.39 is 0 Å². The van der Waals surface area contributed by atoms with E-state index in [-0.39, 0.29) is 17.0 Å². The van der Waals surface area contributed by atoms with E-state index in [4.69, 9.17) is 4.98 Å². The number of amides is 1. The van der Waals surface area contributed by atoms with Gasteiger partial charge in [0.15, 0.2) is 0 Å². The second-order valence-corrected chi connectivity index (χ2v) is 10.4. The number of hydrogen-bond donors (Lipinski definition) is 0. The molecule has 7 nitrogen and oxygen atoms in total. The maximum absolute atomic E-state index is 13.2. The van der Waals surface area contributed by atoms with Crippen LogP contribution in [0.5, 0.6) is 0 Å². The molecule has 6 rings (SSSR count). The molecule has 35 heavy (non-hydrogen) atoms. The summed E-state index contributed by atoms with van der Waals surface area (Å²) in [6.45, 7) is 2.20. The van der Waals surface area contributed by atoms with Crippen molar-refractivity contribution in [2.45, 2.75) is 31.6 Å². The molecule has 0 spiro atoms. The third kappa shape index (κ3) is 3.58. The summed E-state index contributed by atoms with van der Waals surface area (Å²) in [4.78, 5) is 34.3. The van der Waals surface area contributed by atoms with E-state index in [1.807, 2.05) is 30.3 Å². The number of carbonyl (C=O) groups is 1. The molecule has 4 heterocycles. The van der Waals surface area contributed by atoms with Crippen LogP contribution in [0.25, 0.3) is 21.1 Å². The predicted octanol–water partition coefficient (Wildman–Crippen LogP) is 4.53. The Morgan fingerprint density at radius 3 is 2.60 bits per heavy atom. The zero-order chi connectivity index (χ0) is 24.1. The summed E-state index contributed by atoms with van der Waals surface area (Å²) in [5.74, 6) is 0.486. The monoisotopic (exact) mass is 483 g/mol. The zero-order valence-corrected chi connectivity index (χ0v) is 20.3. The molecule has 0 N–H and O–H groups in total. The molecule has 4 aromatic rings. The fraction of sp³-hybridized carbons (Fsp3) is 0.333. The number of nitriles is 1. The number of aryl methyl sites for hydroxylation is 1. The van der Waals surface area contributed by atoms with Crippen molar-refractivity contribution in [1.29, 1.82) is 5.26 Å². The van der Waals surface area contributed by atoms with Crippen LogP contribution < -0.4 is 15.4 Å². The Morgan fingerprint density at radius 1 is 1.09 bits per heavy atom. The Bertz CT molecular complexity index is 1540. The molecule has 0 aliphatic carbocycles. The van der Waals surface area contributed by atoms with Crippen molar-refractivity contribution in [3.8, 4) is 6.07 Å². The van der Waals surface area contributed by atoms with Crippen molar-refractivity contribution < 1.29 is 4.79 Å². The summed E-state index contributed by atoms with van der Waals surface area (Å²) in [6.07, 6.45) is 3.24. The number of nitrogens with zero attached hydrogens (tertiary/aromatic N) is 5. The molecule has 1 amide bonds. The third-order valence-electron chi connectivity index (χ3n) is 7.32. The highest BCUT2D eigenvalue weighted by Gasteiger charge is 2.28. The van der Waals surface area contributed by atoms with Crippen molar-refractivity contribution in [1.82, 2.24) is 9.55 Å². The topological polar surface area (TPSA) is 82.2 Å². The van der Waals surface area contributed by atoms with E-state index in [2.05, 4.69) is 23.1 Å². The van der Waals surface area contributed by atoms with Crippen LogP contribution in [-0.2, 0) is 11.8 Å². The maximum Gasteiger partial charge on any atom is 0.270 e. The van der Waals surface area contributed by atoms with Crippen molar-refractivity contribution >= 4 is 49.7 Å². The number of hydrogen-bond acceptors (Lipinski definition) is 6. The maximum atomic E-state index is 13.2. The lowest BCUT2D eigenvalue weighted by atomic mass is 9.96. The van der Waals surface area contributed by atoms with Gasteiger partial charge in [-0.2, -0.15) is 5.26 Å². The summed E-state index contributed by atoms with van der Waals surface area (Å²) in [6, 6.07) is 16.2. The van der Waals surface area contributed by atoms with Gasteiger partial charge in [-0.25, -0.2) is 4.98 Å². The Morgan fingerprint density at radius 2 is 1.89 bits per heavy atom. The van der Waals surface area contributed by atoms with Crippen LogP contribution in [0.15, 0.2) is 47.3 Å². The fourth-order valence-electron chi connectivity index (χ4n) is 5.44. The van der Waals surface area contributed by atoms with E-state index in [9.17, 15) is 14.9 Å². The molecule has 2 aromatic heterocycles. The number of para-hydroxylation sites is 1. The van der Waals surface area contributed by atoms with Gasteiger partial charge in [0.2, 0.25) is 5.91 Å². The molecular weight excluding hydrogens is 458 g/mol. The summed E-state index contributed by atoms with van der Waals surface area (Å²) >= 11 is 1.76. The molecule has 8 heteroatoms. The number of fused-ring (bicyclic) bond motifs is 2. The summed E-state index contributed by atoms with van der Waals surface area (Å²) in [7, 11) is 1.70. The molecule has 2 fully saturated rings. The first kappa shape index (κ1) is 21.8. The van der Waals surface area contributed by atoms with Crippen LogP contribution in [0.3, 0.4) is 0 Å². The Kier molecular flexibility index (Phi) is 5.30. The highest BCUT2D eigenvalue weighted by molar-refractivity contribution is 7.18. The van der Waals surface area contributed by atoms with Gasteiger partial charge in [0.1, 0.15) is 11.6 Å². The molecule has 2 saturated heterocycles. The van der Waals surface area contributed by atoms with Gasteiger partial charge in [-0.3, -0.25) is 9.59 Å². The van der Waals surface area contributed by atoms with Crippen molar-refractivity contribution in [2.75, 3.05) is 29.4 Å². The molecule has 176 valence electrons. The summed E-state index contributed by atoms with van der Waals surface area (Å²) in [5.41, 5.74) is 3.20. The van der Waals surface area contributed by atoms with E-state index >= 15 is 0 Å². The number of carbonyl (C=O) groups excluding carboxylic acids is 1. The quantitative estimate of drug-likeness (QED) is 0.428. The van der Waals surface area contributed by atoms with Crippen LogP contribution in [-0.4, -0.2) is 35.1 Å². The van der Waals surface area contributed by atoms with Crippen molar-refractivity contribution in [3.63, 3.8) is 0 Å². The van der Waals surface area contributed by atoms with Gasteiger partial charge in [-0.15, -0.1) is 11.3 Å². The number of pyridine rings is 1. The second-order valence-electron chi connectivity index (χ2n) is 9.33. The minimum absolute atomic E-state index is 0.111. The number of anilines is 2. The van der Waals surface area contributed by atoms with Gasteiger partial charge >= 0.3 is 0 Å². The number of aromatic nitrogens is 2. The van der Waals surface area contributed by atoms with Crippen LogP contribution in [0.4, 0.5) is 11.4 Å². The smallest absolute Gasteiger partial charge is 0.270 e. The standard InChI is InChI=1S/C27H25N5O2S/c1-30-22-15-18(32-12-4-7-24(32)33)8-9-19(22)25(20(16-28)27(30)34)31-13-10-17(11-14-31)26-29-21-5-2-3-6-23(21)35-26/h2-3,5-6,8-9,15,17H,4,7,10-14H2,1H3. The van der Waals surface area contributed by atoms with Crippen molar-refractivity contribution in [3.05, 3.63) is 63.4 Å². The van der Waals surface area contributed by atoms with E-state index in [0.29, 0.717) is 24.6 Å². The predicted molar refractivity (Wildman–Crippen MR) is 139 cm³/mol. The normalized spacial score (nSPS) is 17.0. The largest absolute Gasteiger partial charge is 0.370 e. The molecular formula is C27H25N5O2S. The Labute approximate surface area is 206 Å². The molecule has 0 radical (unpaired) electrons. The molecule has 0 unspecified atom stereocenters. The van der Waals surface area contributed by atoms with Crippen LogP contribution in [0.1, 0.15) is 42.2 Å². The van der Waals surface area contributed by atoms with E-state index in [1.54, 1.807) is 23.3 Å². The SMILES string of the molecule is Cn1c(=O)c(C#N)c(N2CCC(c3nc4ccccc4s3)CC2)c2ccc(N3CCCC3=O)cc21. The molecule has 0 bridgehead atoms. The first-order chi connectivity index (χ1) is 17.0. The highest BCUT2D eigenvalue weighted by Crippen LogP contribution is 2.38.